The van der Waals surface area contributed by atoms with Gasteiger partial charge in [0.2, 0.25) is 5.13 Å². The molecule has 2 N–H and O–H groups in total. The van der Waals surface area contributed by atoms with E-state index in [2.05, 4.69) is 14.3 Å². The molecule has 2 aromatic heterocycles. The van der Waals surface area contributed by atoms with Crippen molar-refractivity contribution in [2.75, 3.05) is 12.3 Å². The molecule has 0 amide bonds. The van der Waals surface area contributed by atoms with Gasteiger partial charge in [-0.05, 0) is 13.8 Å². The second-order valence-corrected chi connectivity index (χ2v) is 3.92. The lowest BCUT2D eigenvalue weighted by molar-refractivity contribution is 0.0521. The summed E-state index contributed by atoms with van der Waals surface area (Å²) in [7, 11) is 0. The summed E-state index contributed by atoms with van der Waals surface area (Å²) in [6.45, 7) is 3.78. The van der Waals surface area contributed by atoms with E-state index < -0.39 is 5.97 Å². The number of nitrogens with zero attached hydrogens (tertiary/aromatic N) is 4. The highest BCUT2D eigenvalue weighted by Crippen LogP contribution is 2.19. The Morgan fingerprint density at radius 1 is 1.65 bits per heavy atom. The number of imidazole rings is 1. The topological polar surface area (TPSA) is 95.9 Å². The number of anilines is 1. The summed E-state index contributed by atoms with van der Waals surface area (Å²) in [6.07, 6.45) is 1.43. The number of aromatic nitrogens is 4. The molecule has 0 aliphatic rings. The van der Waals surface area contributed by atoms with Crippen molar-refractivity contribution in [3.8, 4) is 5.13 Å². The van der Waals surface area contributed by atoms with Crippen LogP contribution in [0.5, 0.6) is 0 Å². The number of hydrogen-bond acceptors (Lipinski definition) is 7. The third-order valence-electron chi connectivity index (χ3n) is 2.00. The van der Waals surface area contributed by atoms with Crippen LogP contribution in [0.3, 0.4) is 0 Å². The fourth-order valence-corrected chi connectivity index (χ4v) is 1.91. The molecular weight excluding hydrogens is 242 g/mol. The molecule has 0 radical (unpaired) electrons. The molecule has 0 aliphatic heterocycles. The Balaban J connectivity index is 2.36. The number of aryl methyl sites for hydroxylation is 1. The van der Waals surface area contributed by atoms with Gasteiger partial charge in [0, 0.05) is 11.5 Å². The Morgan fingerprint density at radius 3 is 3.00 bits per heavy atom. The van der Waals surface area contributed by atoms with E-state index in [4.69, 9.17) is 10.5 Å². The van der Waals surface area contributed by atoms with Crippen molar-refractivity contribution >= 4 is 23.3 Å². The number of esters is 1. The minimum Gasteiger partial charge on any atom is -0.461 e. The summed E-state index contributed by atoms with van der Waals surface area (Å²) < 4.78 is 10.4. The number of nitrogens with two attached hydrogens (primary N) is 1. The smallest absolute Gasteiger partial charge is 0.360 e. The van der Waals surface area contributed by atoms with E-state index in [1.165, 1.54) is 22.4 Å². The van der Waals surface area contributed by atoms with Gasteiger partial charge in [-0.3, -0.25) is 4.57 Å². The number of carbonyl (C=O) groups excluding carboxylic acids is 1. The van der Waals surface area contributed by atoms with E-state index >= 15 is 0 Å². The summed E-state index contributed by atoms with van der Waals surface area (Å²) in [5.74, 6) is 0.320. The molecule has 0 saturated carbocycles. The zero-order chi connectivity index (χ0) is 12.4. The Labute approximate surface area is 101 Å². The van der Waals surface area contributed by atoms with Crippen LogP contribution in [0.15, 0.2) is 6.33 Å². The van der Waals surface area contributed by atoms with Gasteiger partial charge in [-0.1, -0.05) is 0 Å². The van der Waals surface area contributed by atoms with E-state index in [1.807, 2.05) is 0 Å². The van der Waals surface area contributed by atoms with Gasteiger partial charge in [0.1, 0.15) is 18.0 Å². The quantitative estimate of drug-likeness (QED) is 0.812. The van der Waals surface area contributed by atoms with Crippen molar-refractivity contribution in [1.82, 2.24) is 18.9 Å². The zero-order valence-electron chi connectivity index (χ0n) is 9.38. The first-order valence-corrected chi connectivity index (χ1v) is 5.71. The van der Waals surface area contributed by atoms with E-state index in [9.17, 15) is 4.79 Å². The monoisotopic (exact) mass is 253 g/mol. The lowest BCUT2D eigenvalue weighted by Crippen LogP contribution is -2.09. The number of carbonyl (C=O) groups is 1. The van der Waals surface area contributed by atoms with Crippen molar-refractivity contribution in [2.24, 2.45) is 0 Å². The van der Waals surface area contributed by atoms with Crippen LogP contribution in [0.1, 0.15) is 23.2 Å². The van der Waals surface area contributed by atoms with Gasteiger partial charge < -0.3 is 10.5 Å². The van der Waals surface area contributed by atoms with Gasteiger partial charge in [0.15, 0.2) is 5.69 Å². The van der Waals surface area contributed by atoms with E-state index in [0.29, 0.717) is 11.0 Å². The van der Waals surface area contributed by atoms with Gasteiger partial charge >= 0.3 is 5.97 Å². The Morgan fingerprint density at radius 2 is 2.41 bits per heavy atom. The van der Waals surface area contributed by atoms with Crippen molar-refractivity contribution in [3.63, 3.8) is 0 Å². The van der Waals surface area contributed by atoms with Crippen LogP contribution in [0.25, 0.3) is 5.13 Å². The standard InChI is InChI=1S/C9H11N5O2S/c1-3-16-8(15)6-7(10)14(4-11-6)9-12-5(2)13-17-9/h4H,3,10H2,1-2H3. The maximum absolute atomic E-state index is 11.5. The molecular formula is C9H11N5O2S. The molecule has 90 valence electrons. The Bertz CT molecular complexity index is 547. The van der Waals surface area contributed by atoms with Crippen LogP contribution in [0.2, 0.25) is 0 Å². The van der Waals surface area contributed by atoms with Crippen LogP contribution < -0.4 is 5.73 Å². The summed E-state index contributed by atoms with van der Waals surface area (Å²) in [4.78, 5) is 19.6. The maximum Gasteiger partial charge on any atom is 0.360 e. The molecule has 17 heavy (non-hydrogen) atoms. The predicted molar refractivity (Wildman–Crippen MR) is 62.1 cm³/mol. The Kier molecular flexibility index (Phi) is 3.05. The van der Waals surface area contributed by atoms with Gasteiger partial charge in [-0.2, -0.15) is 4.37 Å². The molecule has 0 fully saturated rings. The van der Waals surface area contributed by atoms with Crippen LogP contribution in [0.4, 0.5) is 5.82 Å². The molecule has 8 heteroatoms. The molecule has 0 atom stereocenters. The van der Waals surface area contributed by atoms with Crippen LogP contribution in [-0.2, 0) is 4.74 Å². The second kappa shape index (κ2) is 4.50. The highest BCUT2D eigenvalue weighted by atomic mass is 32.1. The molecule has 7 nitrogen and oxygen atoms in total. The van der Waals surface area contributed by atoms with Crippen molar-refractivity contribution < 1.29 is 9.53 Å². The molecule has 0 aromatic carbocycles. The van der Waals surface area contributed by atoms with Gasteiger partial charge in [-0.25, -0.2) is 14.8 Å². The first kappa shape index (κ1) is 11.5. The first-order valence-electron chi connectivity index (χ1n) is 4.94. The minimum atomic E-state index is -0.537. The molecule has 2 aromatic rings. The fraction of sp³-hybridized carbons (Fsp3) is 0.333. The lowest BCUT2D eigenvalue weighted by Gasteiger charge is -2.01. The third-order valence-corrected chi connectivity index (χ3v) is 2.80. The maximum atomic E-state index is 11.5. The number of ether oxygens (including phenoxy) is 1. The average molecular weight is 253 g/mol. The Hall–Kier alpha value is -1.96. The summed E-state index contributed by atoms with van der Waals surface area (Å²) in [5.41, 5.74) is 5.91. The zero-order valence-corrected chi connectivity index (χ0v) is 10.2. The molecule has 0 saturated heterocycles. The molecule has 0 unspecified atom stereocenters. The van der Waals surface area contributed by atoms with Crippen molar-refractivity contribution in [3.05, 3.63) is 17.8 Å². The van der Waals surface area contributed by atoms with E-state index in [-0.39, 0.29) is 18.1 Å². The molecule has 0 bridgehead atoms. The SMILES string of the molecule is CCOC(=O)c1ncn(-c2nc(C)ns2)c1N. The summed E-state index contributed by atoms with van der Waals surface area (Å²) in [6, 6.07) is 0. The highest BCUT2D eigenvalue weighted by Gasteiger charge is 2.18. The van der Waals surface area contributed by atoms with Gasteiger partial charge in [0.05, 0.1) is 6.61 Å². The van der Waals surface area contributed by atoms with Gasteiger partial charge in [-0.15, -0.1) is 0 Å². The van der Waals surface area contributed by atoms with Crippen LogP contribution in [0, 0.1) is 6.92 Å². The van der Waals surface area contributed by atoms with Crippen molar-refractivity contribution in [1.29, 1.82) is 0 Å². The van der Waals surface area contributed by atoms with Crippen LogP contribution >= 0.6 is 11.5 Å². The normalized spacial score (nSPS) is 10.5. The number of nitrogen functional groups attached to an aromatic ring is 1. The summed E-state index contributed by atoms with van der Waals surface area (Å²) >= 11 is 1.18. The lowest BCUT2D eigenvalue weighted by atomic mass is 10.4. The molecule has 0 aliphatic carbocycles. The van der Waals surface area contributed by atoms with E-state index in [0.717, 1.165) is 0 Å². The van der Waals surface area contributed by atoms with Gasteiger partial charge in [0.25, 0.3) is 0 Å². The van der Waals surface area contributed by atoms with Crippen LogP contribution in [-0.4, -0.2) is 31.5 Å². The third kappa shape index (κ3) is 2.11. The predicted octanol–water partition coefficient (Wildman–Crippen LogP) is 0.791. The minimum absolute atomic E-state index is 0.0969. The molecule has 2 heterocycles. The largest absolute Gasteiger partial charge is 0.461 e. The average Bonchev–Trinajstić information content (AvgIpc) is 2.85. The van der Waals surface area contributed by atoms with E-state index in [1.54, 1.807) is 13.8 Å². The second-order valence-electron chi connectivity index (χ2n) is 3.19. The number of hydrogen-bond donors (Lipinski definition) is 1. The van der Waals surface area contributed by atoms with Crippen molar-refractivity contribution in [2.45, 2.75) is 13.8 Å². The first-order chi connectivity index (χ1) is 8.13. The number of rotatable bonds is 3. The fourth-order valence-electron chi connectivity index (χ4n) is 1.25. The molecule has 2 rings (SSSR count). The molecule has 0 spiro atoms. The summed E-state index contributed by atoms with van der Waals surface area (Å²) in [5, 5.41) is 0.572. The highest BCUT2D eigenvalue weighted by molar-refractivity contribution is 7.08.